The maximum atomic E-state index is 5.94. The summed E-state index contributed by atoms with van der Waals surface area (Å²) in [5, 5.41) is 2.47. The van der Waals surface area contributed by atoms with E-state index in [1.54, 1.807) is 0 Å². The lowest BCUT2D eigenvalue weighted by molar-refractivity contribution is 0.165. The number of hydrogen-bond donors (Lipinski definition) is 1. The third-order valence-electron chi connectivity index (χ3n) is 3.62. The number of rotatable bonds is 4. The average Bonchev–Trinajstić information content (AvgIpc) is 2.37. The van der Waals surface area contributed by atoms with E-state index < -0.39 is 0 Å². The Morgan fingerprint density at radius 2 is 1.74 bits per heavy atom. The van der Waals surface area contributed by atoms with Gasteiger partial charge < -0.3 is 4.74 Å². The van der Waals surface area contributed by atoms with Gasteiger partial charge in [-0.15, -0.1) is 0 Å². The van der Waals surface area contributed by atoms with Crippen LogP contribution in [-0.4, -0.2) is 12.4 Å². The van der Waals surface area contributed by atoms with Gasteiger partial charge in [-0.25, -0.2) is 0 Å². The maximum Gasteiger partial charge on any atom is 0.119 e. The van der Waals surface area contributed by atoms with Gasteiger partial charge >= 0.3 is 0 Å². The minimum absolute atomic E-state index is 0.221. The third-order valence-corrected chi connectivity index (χ3v) is 4.06. The van der Waals surface area contributed by atoms with Crippen LogP contribution in [0.3, 0.4) is 0 Å². The monoisotopic (exact) mass is 274 g/mol. The Hall–Kier alpha value is -1.15. The summed E-state index contributed by atoms with van der Waals surface area (Å²) in [6.45, 7) is 7.41. The molecule has 2 rings (SSSR count). The molecule has 19 heavy (non-hydrogen) atoms. The predicted molar refractivity (Wildman–Crippen MR) is 86.2 cm³/mol. The molecular weight excluding hydrogens is 252 g/mol. The fourth-order valence-electron chi connectivity index (χ4n) is 2.03. The molecule has 2 heteroatoms. The lowest BCUT2D eigenvalue weighted by Crippen LogP contribution is -2.28. The van der Waals surface area contributed by atoms with Crippen molar-refractivity contribution in [2.24, 2.45) is 11.3 Å². The van der Waals surface area contributed by atoms with Crippen molar-refractivity contribution >= 4 is 23.4 Å². The second-order valence-electron chi connectivity index (χ2n) is 6.07. The van der Waals surface area contributed by atoms with Crippen LogP contribution in [0.2, 0.25) is 0 Å². The zero-order valence-corrected chi connectivity index (χ0v) is 12.8. The van der Waals surface area contributed by atoms with Crippen LogP contribution in [0.5, 0.6) is 5.75 Å². The number of thiol groups is 1. The third kappa shape index (κ3) is 3.66. The van der Waals surface area contributed by atoms with Gasteiger partial charge in [0.2, 0.25) is 0 Å². The van der Waals surface area contributed by atoms with Crippen LogP contribution in [0.25, 0.3) is 10.8 Å². The van der Waals surface area contributed by atoms with Gasteiger partial charge in [0.05, 0.1) is 6.61 Å². The molecule has 1 unspecified atom stereocenters. The van der Waals surface area contributed by atoms with Crippen molar-refractivity contribution in [2.45, 2.75) is 20.8 Å². The van der Waals surface area contributed by atoms with Gasteiger partial charge in [0.15, 0.2) is 0 Å². The van der Waals surface area contributed by atoms with E-state index in [4.69, 9.17) is 4.74 Å². The summed E-state index contributed by atoms with van der Waals surface area (Å²) >= 11 is 4.43. The smallest absolute Gasteiger partial charge is 0.119 e. The van der Waals surface area contributed by atoms with Crippen LogP contribution in [0.15, 0.2) is 42.5 Å². The molecule has 0 radical (unpaired) electrons. The molecule has 0 aromatic heterocycles. The Kier molecular flexibility index (Phi) is 4.41. The van der Waals surface area contributed by atoms with Crippen molar-refractivity contribution in [3.05, 3.63) is 42.5 Å². The second-order valence-corrected chi connectivity index (χ2v) is 6.43. The highest BCUT2D eigenvalue weighted by molar-refractivity contribution is 7.80. The summed E-state index contributed by atoms with van der Waals surface area (Å²) in [4.78, 5) is 0. The molecule has 1 nitrogen and oxygen atoms in total. The van der Waals surface area contributed by atoms with Gasteiger partial charge in [0.1, 0.15) is 5.75 Å². The number of benzene rings is 2. The first-order valence-corrected chi connectivity index (χ1v) is 7.36. The van der Waals surface area contributed by atoms with Crippen LogP contribution in [0.4, 0.5) is 0 Å². The Labute approximate surface area is 121 Å². The molecule has 0 N–H and O–H groups in total. The van der Waals surface area contributed by atoms with Crippen LogP contribution in [0, 0.1) is 11.3 Å². The van der Waals surface area contributed by atoms with Crippen LogP contribution >= 0.6 is 12.6 Å². The fourth-order valence-corrected chi connectivity index (χ4v) is 2.68. The van der Waals surface area contributed by atoms with E-state index in [-0.39, 0.29) is 5.41 Å². The minimum atomic E-state index is 0.221. The molecule has 2 aromatic carbocycles. The first-order valence-electron chi connectivity index (χ1n) is 6.73. The first-order chi connectivity index (χ1) is 9.00. The van der Waals surface area contributed by atoms with E-state index >= 15 is 0 Å². The maximum absolute atomic E-state index is 5.94. The molecule has 0 fully saturated rings. The zero-order chi connectivity index (χ0) is 13.9. The van der Waals surface area contributed by atoms with E-state index in [9.17, 15) is 0 Å². The highest BCUT2D eigenvalue weighted by atomic mass is 32.1. The molecule has 0 aliphatic carbocycles. The molecule has 0 heterocycles. The molecule has 102 valence electrons. The number of ether oxygens (including phenoxy) is 1. The molecule has 0 aliphatic rings. The normalized spacial score (nSPS) is 13.5. The van der Waals surface area contributed by atoms with Gasteiger partial charge in [-0.05, 0) is 34.1 Å². The first kappa shape index (κ1) is 14.3. The molecular formula is C17H22OS. The molecule has 0 bridgehead atoms. The van der Waals surface area contributed by atoms with E-state index in [1.165, 1.54) is 10.8 Å². The lowest BCUT2D eigenvalue weighted by Gasteiger charge is -2.29. The summed E-state index contributed by atoms with van der Waals surface area (Å²) in [6, 6.07) is 14.6. The highest BCUT2D eigenvalue weighted by Crippen LogP contribution is 2.28. The van der Waals surface area contributed by atoms with E-state index in [0.717, 1.165) is 11.5 Å². The van der Waals surface area contributed by atoms with Crippen LogP contribution < -0.4 is 4.74 Å². The molecule has 0 spiro atoms. The van der Waals surface area contributed by atoms with Crippen molar-refractivity contribution in [1.29, 1.82) is 0 Å². The van der Waals surface area contributed by atoms with Crippen molar-refractivity contribution in [1.82, 2.24) is 0 Å². The number of hydrogen-bond acceptors (Lipinski definition) is 2. The minimum Gasteiger partial charge on any atom is -0.493 e. The summed E-state index contributed by atoms with van der Waals surface area (Å²) in [5.41, 5.74) is 0.221. The van der Waals surface area contributed by atoms with Gasteiger partial charge in [-0.1, -0.05) is 51.1 Å². The molecule has 0 saturated carbocycles. The van der Waals surface area contributed by atoms with Crippen molar-refractivity contribution in [3.63, 3.8) is 0 Å². The molecule has 0 amide bonds. The van der Waals surface area contributed by atoms with E-state index in [0.29, 0.717) is 12.5 Å². The zero-order valence-electron chi connectivity index (χ0n) is 11.9. The molecule has 2 aromatic rings. The van der Waals surface area contributed by atoms with Gasteiger partial charge in [0, 0.05) is 5.92 Å². The van der Waals surface area contributed by atoms with Crippen LogP contribution in [-0.2, 0) is 0 Å². The molecule has 0 saturated heterocycles. The Balaban J connectivity index is 2.09. The fraction of sp³-hybridized carbons (Fsp3) is 0.412. The van der Waals surface area contributed by atoms with Gasteiger partial charge in [0.25, 0.3) is 0 Å². The quantitative estimate of drug-likeness (QED) is 0.787. The Morgan fingerprint density at radius 3 is 2.37 bits per heavy atom. The standard InChI is InChI=1S/C17H22OS/c1-17(2,3)15(12-19)11-18-16-9-8-13-6-4-5-7-14(13)10-16/h4-10,15,19H,11-12H2,1-3H3. The molecule has 1 atom stereocenters. The van der Waals surface area contributed by atoms with Crippen molar-refractivity contribution < 1.29 is 4.74 Å². The average molecular weight is 274 g/mol. The Morgan fingerprint density at radius 1 is 1.05 bits per heavy atom. The summed E-state index contributed by atoms with van der Waals surface area (Å²) in [7, 11) is 0. The topological polar surface area (TPSA) is 9.23 Å². The Bertz CT molecular complexity index is 542. The van der Waals surface area contributed by atoms with E-state index in [2.05, 4.69) is 69.8 Å². The number of fused-ring (bicyclic) bond motifs is 1. The molecule has 0 aliphatic heterocycles. The summed E-state index contributed by atoms with van der Waals surface area (Å²) in [6.07, 6.45) is 0. The summed E-state index contributed by atoms with van der Waals surface area (Å²) in [5.74, 6) is 2.23. The second kappa shape index (κ2) is 5.87. The predicted octanol–water partition coefficient (Wildman–Crippen LogP) is 4.81. The lowest BCUT2D eigenvalue weighted by atomic mass is 9.82. The van der Waals surface area contributed by atoms with Crippen molar-refractivity contribution in [2.75, 3.05) is 12.4 Å². The largest absolute Gasteiger partial charge is 0.493 e. The SMILES string of the molecule is CC(C)(C)C(CS)COc1ccc2ccccc2c1. The highest BCUT2D eigenvalue weighted by Gasteiger charge is 2.23. The summed E-state index contributed by atoms with van der Waals surface area (Å²) < 4.78 is 5.94. The van der Waals surface area contributed by atoms with E-state index in [1.807, 2.05) is 6.07 Å². The van der Waals surface area contributed by atoms with Crippen molar-refractivity contribution in [3.8, 4) is 5.75 Å². The van der Waals surface area contributed by atoms with Gasteiger partial charge in [-0.3, -0.25) is 0 Å². The van der Waals surface area contributed by atoms with Crippen LogP contribution in [0.1, 0.15) is 20.8 Å². The van der Waals surface area contributed by atoms with Gasteiger partial charge in [-0.2, -0.15) is 12.6 Å².